The molecule has 9 heteroatoms. The largest absolute Gasteiger partial charge is 0.526 e. The first-order chi connectivity index (χ1) is 7.21. The van der Waals surface area contributed by atoms with Gasteiger partial charge < -0.3 is 0 Å². The monoisotopic (exact) mass is 361 g/mol. The molecular weight excluding hydrogens is 360 g/mol. The summed E-state index contributed by atoms with van der Waals surface area (Å²) in [5.74, 6) is -9.51. The van der Waals surface area contributed by atoms with Crippen LogP contribution in [0.3, 0.4) is 0 Å². The van der Waals surface area contributed by atoms with Crippen molar-refractivity contribution in [3.63, 3.8) is 0 Å². The van der Waals surface area contributed by atoms with E-state index in [1.54, 1.807) is 0 Å². The van der Waals surface area contributed by atoms with Crippen LogP contribution >= 0.6 is 0 Å². The molecule has 0 amide bonds. The molecule has 1 rings (SSSR count). The number of alkyl halides is 3. The van der Waals surface area contributed by atoms with Gasteiger partial charge in [-0.15, -0.1) is 0 Å². The van der Waals surface area contributed by atoms with Crippen LogP contribution in [0.5, 0.6) is 0 Å². The molecule has 90 valence electrons. The molecule has 0 saturated heterocycles. The summed E-state index contributed by atoms with van der Waals surface area (Å²) in [6, 6.07) is 0. The predicted octanol–water partition coefficient (Wildman–Crippen LogP) is -0.572. The van der Waals surface area contributed by atoms with Gasteiger partial charge in [0.1, 0.15) is 5.56 Å². The van der Waals surface area contributed by atoms with Gasteiger partial charge in [-0.1, -0.05) is 0 Å². The predicted molar refractivity (Wildman–Crippen MR) is 32.2 cm³/mol. The fourth-order valence-corrected chi connectivity index (χ4v) is 1.83. The lowest BCUT2D eigenvalue weighted by Crippen LogP contribution is -3.61. The fourth-order valence-electron chi connectivity index (χ4n) is 0.928. The molecule has 1 nitrogen and oxygen atoms in total. The van der Waals surface area contributed by atoms with E-state index in [2.05, 4.69) is 0 Å². The molecule has 0 aliphatic heterocycles. The second-order valence-corrected chi connectivity index (χ2v) is 4.09. The van der Waals surface area contributed by atoms with Crippen LogP contribution in [-0.2, 0) is 6.18 Å². The van der Waals surface area contributed by atoms with Crippen LogP contribution in [-0.4, -0.2) is 3.44 Å². The van der Waals surface area contributed by atoms with Crippen molar-refractivity contribution in [1.29, 1.82) is 0 Å². The third-order valence-electron chi connectivity index (χ3n) is 1.58. The summed E-state index contributed by atoms with van der Waals surface area (Å²) >= 11 is -2.41. The van der Waals surface area contributed by atoms with Gasteiger partial charge in [0.2, 0.25) is 11.6 Å². The van der Waals surface area contributed by atoms with E-state index in [1.807, 2.05) is 0 Å². The number of halogens is 8. The van der Waals surface area contributed by atoms with Crippen LogP contribution in [0.2, 0.25) is 0 Å². The Hall–Kier alpha value is -0.580. The Kier molecular flexibility index (Phi) is 3.67. The Morgan fingerprint density at radius 2 is 1.19 bits per heavy atom. The van der Waals surface area contributed by atoms with Crippen LogP contribution < -0.4 is 21.6 Å². The molecule has 1 aromatic rings. The normalized spacial score (nSPS) is 12.0. The van der Waals surface area contributed by atoms with E-state index in [1.165, 1.54) is 0 Å². The van der Waals surface area contributed by atoms with E-state index in [-0.39, 0.29) is 0 Å². The first-order valence-electron chi connectivity index (χ1n) is 3.43. The molecule has 0 radical (unpaired) electrons. The SMILES string of the molecule is O[I+]c1c(F)c(F)c(C(F)(F)F)c(F)c1F. The average molecular weight is 361 g/mol. The van der Waals surface area contributed by atoms with Gasteiger partial charge in [0, 0.05) is 0 Å². The Labute approximate surface area is 94.7 Å². The third-order valence-corrected chi connectivity index (χ3v) is 3.01. The fraction of sp³-hybridized carbons (Fsp3) is 0.143. The van der Waals surface area contributed by atoms with Gasteiger partial charge in [-0.3, -0.25) is 0 Å². The highest BCUT2D eigenvalue weighted by Crippen LogP contribution is 2.35. The zero-order chi connectivity index (χ0) is 12.7. The topological polar surface area (TPSA) is 20.2 Å². The van der Waals surface area contributed by atoms with Crippen LogP contribution in [0.25, 0.3) is 0 Å². The van der Waals surface area contributed by atoms with Gasteiger partial charge in [-0.25, -0.2) is 8.78 Å². The molecule has 0 saturated carbocycles. The van der Waals surface area contributed by atoms with E-state index >= 15 is 0 Å². The van der Waals surface area contributed by atoms with Gasteiger partial charge in [0.05, 0.1) is 0 Å². The van der Waals surface area contributed by atoms with E-state index in [0.29, 0.717) is 0 Å². The molecule has 0 aromatic heterocycles. The van der Waals surface area contributed by atoms with Crippen LogP contribution in [0.4, 0.5) is 30.7 Å². The third kappa shape index (κ3) is 2.10. The minimum atomic E-state index is -5.55. The molecule has 0 spiro atoms. The Balaban J connectivity index is 3.67. The van der Waals surface area contributed by atoms with Crippen molar-refractivity contribution in [3.8, 4) is 0 Å². The molecule has 0 aliphatic rings. The quantitative estimate of drug-likeness (QED) is 0.308. The maximum absolute atomic E-state index is 12.8. The lowest BCUT2D eigenvalue weighted by molar-refractivity contribution is -0.869. The molecule has 0 atom stereocenters. The second kappa shape index (κ2) is 4.35. The number of benzene rings is 1. The Bertz CT molecular complexity index is 399. The van der Waals surface area contributed by atoms with E-state index < -0.39 is 60.2 Å². The highest BCUT2D eigenvalue weighted by molar-refractivity contribution is 5.24. The van der Waals surface area contributed by atoms with Crippen LogP contribution in [0.1, 0.15) is 5.56 Å². The van der Waals surface area contributed by atoms with Crippen molar-refractivity contribution in [2.24, 2.45) is 0 Å². The minimum Gasteiger partial charge on any atom is -0.203 e. The zero-order valence-electron chi connectivity index (χ0n) is 6.97. The standard InChI is InChI=1S/C7HF7IO/c8-2-1(7(12,13)14)3(9)5(11)6(15-16)4(2)10/h16H/q+1. The molecule has 0 unspecified atom stereocenters. The van der Waals surface area contributed by atoms with Crippen LogP contribution in [0.15, 0.2) is 0 Å². The maximum atomic E-state index is 12.8. The van der Waals surface area contributed by atoms with Gasteiger partial charge >= 0.3 is 31.4 Å². The first-order valence-corrected chi connectivity index (χ1v) is 5.47. The summed E-state index contributed by atoms with van der Waals surface area (Å²) in [6.45, 7) is 0. The van der Waals surface area contributed by atoms with Crippen molar-refractivity contribution < 1.29 is 55.8 Å². The molecule has 0 heterocycles. The second-order valence-electron chi connectivity index (χ2n) is 2.53. The van der Waals surface area contributed by atoms with Crippen molar-refractivity contribution in [3.05, 3.63) is 32.4 Å². The first kappa shape index (κ1) is 13.5. The summed E-state index contributed by atoms with van der Waals surface area (Å²) < 4.78 is 94.4. The summed E-state index contributed by atoms with van der Waals surface area (Å²) in [6.07, 6.45) is -5.55. The van der Waals surface area contributed by atoms with Gasteiger partial charge in [0.15, 0.2) is 11.6 Å². The van der Waals surface area contributed by atoms with Gasteiger partial charge in [-0.05, 0) is 0 Å². The highest BCUT2D eigenvalue weighted by atomic mass is 127. The van der Waals surface area contributed by atoms with Gasteiger partial charge in [0.25, 0.3) is 0 Å². The van der Waals surface area contributed by atoms with E-state index in [9.17, 15) is 30.7 Å². The number of rotatable bonds is 1. The average Bonchev–Trinajstić information content (AvgIpc) is 2.14. The Morgan fingerprint density at radius 3 is 1.44 bits per heavy atom. The van der Waals surface area contributed by atoms with Crippen molar-refractivity contribution >= 4 is 0 Å². The zero-order valence-corrected chi connectivity index (χ0v) is 9.13. The molecule has 1 N–H and O–H groups in total. The molecule has 0 fully saturated rings. The summed E-state index contributed by atoms with van der Waals surface area (Å²) in [7, 11) is 0. The summed E-state index contributed by atoms with van der Waals surface area (Å²) in [5.41, 5.74) is -2.64. The lowest BCUT2D eigenvalue weighted by Gasteiger charge is -2.09. The molecule has 0 aliphatic carbocycles. The number of hydrogen-bond acceptors (Lipinski definition) is 1. The molecule has 0 bridgehead atoms. The molecule has 16 heavy (non-hydrogen) atoms. The van der Waals surface area contributed by atoms with E-state index in [4.69, 9.17) is 3.44 Å². The number of hydrogen-bond donors (Lipinski definition) is 1. The Morgan fingerprint density at radius 1 is 0.812 bits per heavy atom. The maximum Gasteiger partial charge on any atom is 0.526 e. The summed E-state index contributed by atoms with van der Waals surface area (Å²) in [4.78, 5) is 0. The van der Waals surface area contributed by atoms with E-state index in [0.717, 1.165) is 0 Å². The highest BCUT2D eigenvalue weighted by Gasteiger charge is 2.45. The van der Waals surface area contributed by atoms with Gasteiger partial charge in [-0.2, -0.15) is 25.4 Å². The summed E-state index contributed by atoms with van der Waals surface area (Å²) in [5, 5.41) is 0. The minimum absolute atomic E-state index is 1.37. The van der Waals surface area contributed by atoms with Crippen molar-refractivity contribution in [1.82, 2.24) is 0 Å². The lowest BCUT2D eigenvalue weighted by atomic mass is 10.1. The smallest absolute Gasteiger partial charge is 0.203 e. The molecule has 1 aromatic carbocycles. The van der Waals surface area contributed by atoms with Crippen LogP contribution in [0, 0.1) is 26.8 Å². The molecular formula is C7HF7IO+. The van der Waals surface area contributed by atoms with Crippen molar-refractivity contribution in [2.45, 2.75) is 6.18 Å². The van der Waals surface area contributed by atoms with Crippen molar-refractivity contribution in [2.75, 3.05) is 0 Å².